The van der Waals surface area contributed by atoms with Gasteiger partial charge in [0.2, 0.25) is 0 Å². The van der Waals surface area contributed by atoms with Crippen molar-refractivity contribution in [1.29, 1.82) is 0 Å². The van der Waals surface area contributed by atoms with Crippen LogP contribution in [0.1, 0.15) is 25.7 Å². The topological polar surface area (TPSA) is 18.5 Å². The Morgan fingerprint density at radius 3 is 2.75 bits per heavy atom. The van der Waals surface area contributed by atoms with Crippen LogP contribution < -0.4 is 0 Å². The number of hydrogen-bond donors (Lipinski definition) is 0. The van der Waals surface area contributed by atoms with Gasteiger partial charge in [-0.2, -0.15) is 0 Å². The Balaban J connectivity index is 1.77. The molecule has 1 saturated carbocycles. The highest BCUT2D eigenvalue weighted by Crippen LogP contribution is 2.30. The molecule has 1 saturated heterocycles. The summed E-state index contributed by atoms with van der Waals surface area (Å²) in [6.45, 7) is 1.68. The summed E-state index contributed by atoms with van der Waals surface area (Å²) in [6.07, 6.45) is 5.67. The first-order valence-electron chi connectivity index (χ1n) is 4.73. The van der Waals surface area contributed by atoms with Gasteiger partial charge in [0.1, 0.15) is 0 Å². The highest BCUT2D eigenvalue weighted by atomic mass is 79.9. The molecule has 2 fully saturated rings. The molecule has 0 aromatic rings. The van der Waals surface area contributed by atoms with E-state index < -0.39 is 0 Å². The molecule has 12 heavy (non-hydrogen) atoms. The van der Waals surface area contributed by atoms with Crippen LogP contribution in [0.25, 0.3) is 0 Å². The molecule has 0 aromatic carbocycles. The fourth-order valence-electron chi connectivity index (χ4n) is 1.90. The van der Waals surface area contributed by atoms with Gasteiger partial charge in [-0.3, -0.25) is 0 Å². The van der Waals surface area contributed by atoms with E-state index in [9.17, 15) is 0 Å². The van der Waals surface area contributed by atoms with Gasteiger partial charge in [0, 0.05) is 11.4 Å². The van der Waals surface area contributed by atoms with E-state index in [1.165, 1.54) is 19.3 Å². The lowest BCUT2D eigenvalue weighted by molar-refractivity contribution is -0.00842. The number of hydrogen-bond acceptors (Lipinski definition) is 2. The third-order valence-electron chi connectivity index (χ3n) is 2.63. The summed E-state index contributed by atoms with van der Waals surface area (Å²) in [6, 6.07) is 0. The fourth-order valence-corrected chi connectivity index (χ4v) is 2.61. The molecule has 1 aliphatic heterocycles. The molecule has 2 nitrogen and oxygen atoms in total. The summed E-state index contributed by atoms with van der Waals surface area (Å²) >= 11 is 3.65. The van der Waals surface area contributed by atoms with Gasteiger partial charge < -0.3 is 9.47 Å². The molecule has 1 aliphatic carbocycles. The molecule has 0 N–H and O–H groups in total. The van der Waals surface area contributed by atoms with Crippen LogP contribution in [-0.2, 0) is 9.47 Å². The summed E-state index contributed by atoms with van der Waals surface area (Å²) in [5.41, 5.74) is 0. The van der Waals surface area contributed by atoms with Gasteiger partial charge in [-0.25, -0.2) is 0 Å². The molecule has 2 rings (SSSR count). The zero-order valence-corrected chi connectivity index (χ0v) is 8.76. The van der Waals surface area contributed by atoms with Gasteiger partial charge in [0.25, 0.3) is 0 Å². The van der Waals surface area contributed by atoms with Crippen molar-refractivity contribution in [2.24, 2.45) is 0 Å². The zero-order valence-electron chi connectivity index (χ0n) is 7.17. The van der Waals surface area contributed by atoms with Crippen molar-refractivity contribution in [3.63, 3.8) is 0 Å². The van der Waals surface area contributed by atoms with Crippen LogP contribution >= 0.6 is 15.9 Å². The average Bonchev–Trinajstić information content (AvgIpc) is 2.65. The van der Waals surface area contributed by atoms with Crippen LogP contribution in [0.3, 0.4) is 0 Å². The largest absolute Gasteiger partial charge is 0.379 e. The van der Waals surface area contributed by atoms with Gasteiger partial charge in [-0.05, 0) is 25.7 Å². The van der Waals surface area contributed by atoms with E-state index >= 15 is 0 Å². The van der Waals surface area contributed by atoms with Gasteiger partial charge >= 0.3 is 0 Å². The Kier molecular flexibility index (Phi) is 3.05. The van der Waals surface area contributed by atoms with E-state index in [4.69, 9.17) is 9.47 Å². The van der Waals surface area contributed by atoms with Crippen molar-refractivity contribution in [1.82, 2.24) is 0 Å². The monoisotopic (exact) mass is 234 g/mol. The van der Waals surface area contributed by atoms with Gasteiger partial charge in [0.15, 0.2) is 0 Å². The van der Waals surface area contributed by atoms with Crippen molar-refractivity contribution in [2.75, 3.05) is 13.2 Å². The van der Waals surface area contributed by atoms with Crippen LogP contribution in [0.15, 0.2) is 0 Å². The lowest BCUT2D eigenvalue weighted by atomic mass is 10.2. The molecule has 2 aliphatic rings. The third kappa shape index (κ3) is 2.01. The first-order chi connectivity index (χ1) is 5.86. The molecule has 0 spiro atoms. The summed E-state index contributed by atoms with van der Waals surface area (Å²) in [5, 5.41) is 0. The summed E-state index contributed by atoms with van der Waals surface area (Å²) in [7, 11) is 0. The van der Waals surface area contributed by atoms with Gasteiger partial charge in [-0.15, -0.1) is 0 Å². The zero-order chi connectivity index (χ0) is 8.39. The third-order valence-corrected chi connectivity index (χ3v) is 3.67. The van der Waals surface area contributed by atoms with E-state index in [0.717, 1.165) is 19.6 Å². The Labute approximate surface area is 81.7 Å². The van der Waals surface area contributed by atoms with E-state index in [1.807, 2.05) is 0 Å². The molecule has 3 unspecified atom stereocenters. The minimum atomic E-state index is 0.369. The minimum absolute atomic E-state index is 0.369. The van der Waals surface area contributed by atoms with Gasteiger partial charge in [-0.1, -0.05) is 15.9 Å². The minimum Gasteiger partial charge on any atom is -0.379 e. The maximum Gasteiger partial charge on any atom is 0.0834 e. The molecule has 70 valence electrons. The normalized spacial score (nSPS) is 42.2. The molecule has 0 bridgehead atoms. The first kappa shape index (κ1) is 8.97. The summed E-state index contributed by atoms with van der Waals surface area (Å²) in [4.78, 5) is 0.582. The van der Waals surface area contributed by atoms with Gasteiger partial charge in [0.05, 0.1) is 18.8 Å². The highest BCUT2D eigenvalue weighted by Gasteiger charge is 2.29. The van der Waals surface area contributed by atoms with E-state index in [2.05, 4.69) is 15.9 Å². The molecular formula is C9H15BrO2. The van der Waals surface area contributed by atoms with E-state index in [-0.39, 0.29) is 0 Å². The Bertz CT molecular complexity index is 145. The number of rotatable bonds is 2. The van der Waals surface area contributed by atoms with Crippen LogP contribution in [0, 0.1) is 0 Å². The summed E-state index contributed by atoms with van der Waals surface area (Å²) < 4.78 is 11.2. The van der Waals surface area contributed by atoms with E-state index in [0.29, 0.717) is 17.0 Å². The first-order valence-corrected chi connectivity index (χ1v) is 5.65. The average molecular weight is 235 g/mol. The van der Waals surface area contributed by atoms with Crippen molar-refractivity contribution >= 4 is 15.9 Å². The van der Waals surface area contributed by atoms with E-state index in [1.54, 1.807) is 0 Å². The smallest absolute Gasteiger partial charge is 0.0834 e. The SMILES string of the molecule is BrC1CCCC1OC1CCOC1. The molecule has 1 heterocycles. The Hall–Kier alpha value is 0.400. The molecular weight excluding hydrogens is 220 g/mol. The lowest BCUT2D eigenvalue weighted by Crippen LogP contribution is -2.25. The maximum atomic E-state index is 5.91. The van der Waals surface area contributed by atoms with Crippen LogP contribution in [0.5, 0.6) is 0 Å². The molecule has 3 heteroatoms. The second-order valence-electron chi connectivity index (χ2n) is 3.61. The quantitative estimate of drug-likeness (QED) is 0.682. The Morgan fingerprint density at radius 2 is 2.17 bits per heavy atom. The predicted molar refractivity (Wildman–Crippen MR) is 50.7 cm³/mol. The van der Waals surface area contributed by atoms with Crippen LogP contribution in [0.2, 0.25) is 0 Å². The molecule has 0 aromatic heterocycles. The Morgan fingerprint density at radius 1 is 1.25 bits per heavy atom. The van der Waals surface area contributed by atoms with Crippen LogP contribution in [-0.4, -0.2) is 30.2 Å². The lowest BCUT2D eigenvalue weighted by Gasteiger charge is -2.19. The summed E-state index contributed by atoms with van der Waals surface area (Å²) in [5.74, 6) is 0. The van der Waals surface area contributed by atoms with Crippen molar-refractivity contribution < 1.29 is 9.47 Å². The van der Waals surface area contributed by atoms with Crippen molar-refractivity contribution in [3.05, 3.63) is 0 Å². The standard InChI is InChI=1S/C9H15BrO2/c10-8-2-1-3-9(8)12-7-4-5-11-6-7/h7-9H,1-6H2. The fraction of sp³-hybridized carbons (Fsp3) is 1.00. The number of ether oxygens (including phenoxy) is 2. The highest BCUT2D eigenvalue weighted by molar-refractivity contribution is 9.09. The molecule has 0 amide bonds. The predicted octanol–water partition coefficient (Wildman–Crippen LogP) is 2.11. The second kappa shape index (κ2) is 4.07. The molecule has 0 radical (unpaired) electrons. The number of alkyl halides is 1. The van der Waals surface area contributed by atoms with Crippen molar-refractivity contribution in [2.45, 2.75) is 42.7 Å². The molecule has 3 atom stereocenters. The van der Waals surface area contributed by atoms with Crippen LogP contribution in [0.4, 0.5) is 0 Å². The van der Waals surface area contributed by atoms with Crippen molar-refractivity contribution in [3.8, 4) is 0 Å². The number of halogens is 1. The second-order valence-corrected chi connectivity index (χ2v) is 4.78. The maximum absolute atomic E-state index is 5.91.